The quantitative estimate of drug-likeness (QED) is 0.122. The number of hydrogen-bond donors (Lipinski definition) is 2. The van der Waals surface area contributed by atoms with Crippen LogP contribution < -0.4 is 0 Å². The molecule has 1 fully saturated rings. The summed E-state index contributed by atoms with van der Waals surface area (Å²) in [4.78, 5) is 14.4. The van der Waals surface area contributed by atoms with E-state index in [-0.39, 0.29) is 59.5 Å². The second-order valence-electron chi connectivity index (χ2n) is 14.6. The smallest absolute Gasteiger partial charge is 0.416 e. The molecule has 3 aliphatic rings. The number of alkyl halides is 3. The maximum Gasteiger partial charge on any atom is 0.416 e. The van der Waals surface area contributed by atoms with Crippen LogP contribution in [0.25, 0.3) is 11.3 Å². The van der Waals surface area contributed by atoms with Gasteiger partial charge in [-0.3, -0.25) is 4.79 Å². The summed E-state index contributed by atoms with van der Waals surface area (Å²) in [6, 6.07) is 11.1. The van der Waals surface area contributed by atoms with E-state index < -0.39 is 44.7 Å². The number of fused-ring (bicyclic) bond motifs is 8. The molecule has 6 rings (SSSR count). The number of hydrogen-bond acceptors (Lipinski definition) is 7. The highest BCUT2D eigenvalue weighted by molar-refractivity contribution is 7.88. The van der Waals surface area contributed by atoms with Gasteiger partial charge in [0.25, 0.3) is 0 Å². The van der Waals surface area contributed by atoms with E-state index in [9.17, 15) is 36.6 Å². The van der Waals surface area contributed by atoms with Crippen LogP contribution in [0.1, 0.15) is 97.5 Å². The summed E-state index contributed by atoms with van der Waals surface area (Å²) >= 11 is 6.28. The minimum Gasteiger partial charge on any atom is -0.453 e. The molecule has 13 heteroatoms. The number of sulfonamides is 1. The van der Waals surface area contributed by atoms with E-state index in [1.165, 1.54) is 16.4 Å². The van der Waals surface area contributed by atoms with Crippen molar-refractivity contribution in [1.29, 1.82) is 0 Å². The van der Waals surface area contributed by atoms with Crippen molar-refractivity contribution in [2.24, 2.45) is 5.41 Å². The molecule has 0 radical (unpaired) electrons. The largest absolute Gasteiger partial charge is 0.453 e. The summed E-state index contributed by atoms with van der Waals surface area (Å²) in [5, 5.41) is 23.5. The second-order valence-corrected chi connectivity index (χ2v) is 17.0. The highest BCUT2D eigenvalue weighted by Gasteiger charge is 2.58. The summed E-state index contributed by atoms with van der Waals surface area (Å²) in [5.41, 5.74) is -0.543. The molecule has 8 nitrogen and oxygen atoms in total. The second kappa shape index (κ2) is 15.8. The number of furan rings is 1. The summed E-state index contributed by atoms with van der Waals surface area (Å²) in [7, 11) is -2.15. The number of ketones is 1. The average molecular weight is 766 g/mol. The van der Waals surface area contributed by atoms with Crippen molar-refractivity contribution in [2.75, 3.05) is 33.1 Å². The van der Waals surface area contributed by atoms with Crippen molar-refractivity contribution < 1.29 is 45.8 Å². The number of methoxy groups -OCH3 is 1. The minimum absolute atomic E-state index is 0.00806. The lowest BCUT2D eigenvalue weighted by Gasteiger charge is -2.45. The van der Waals surface area contributed by atoms with Gasteiger partial charge in [0.15, 0.2) is 5.76 Å². The van der Waals surface area contributed by atoms with Gasteiger partial charge in [0.05, 0.1) is 28.5 Å². The molecule has 52 heavy (non-hydrogen) atoms. The molecule has 4 unspecified atom stereocenters. The van der Waals surface area contributed by atoms with E-state index in [4.69, 9.17) is 20.8 Å². The van der Waals surface area contributed by atoms with Gasteiger partial charge in [-0.1, -0.05) is 42.3 Å². The first-order valence-electron chi connectivity index (χ1n) is 17.5. The Morgan fingerprint density at radius 1 is 1.12 bits per heavy atom. The summed E-state index contributed by atoms with van der Waals surface area (Å²) in [6.45, 7) is 4.37. The number of allylic oxidation sites excluding steroid dienone is 2. The molecular formula is C39H47ClF3NO7S. The number of aliphatic hydroxyl groups is 2. The predicted molar refractivity (Wildman–Crippen MR) is 194 cm³/mol. The zero-order chi connectivity index (χ0) is 38.1. The Hall–Kier alpha value is -3.00. The molecule has 1 saturated carbocycles. The molecule has 284 valence electrons. The fourth-order valence-corrected chi connectivity index (χ4v) is 8.98. The highest BCUT2D eigenvalue weighted by Crippen LogP contribution is 2.59. The average Bonchev–Trinajstić information content (AvgIpc) is 3.65. The highest BCUT2D eigenvalue weighted by atomic mass is 35.5. The minimum atomic E-state index is -4.61. The van der Waals surface area contributed by atoms with Crippen LogP contribution in [-0.4, -0.2) is 73.5 Å². The lowest BCUT2D eigenvalue weighted by molar-refractivity contribution is -0.137. The summed E-state index contributed by atoms with van der Waals surface area (Å²) < 4.78 is 78.9. The SMILES string of the molecule is COCCCN(CC1(O)CCC2c3ccc(cc3C(=O)c3ccc(-c4cc(C(F)(F)F)ccc4Cl)o3)CC(O)CCC(C)=CCCC21C)S(C)(=O)=O. The first-order valence-corrected chi connectivity index (χ1v) is 19.7. The van der Waals surface area contributed by atoms with Crippen LogP contribution in [0.2, 0.25) is 5.02 Å². The van der Waals surface area contributed by atoms with Crippen molar-refractivity contribution in [3.05, 3.63) is 93.2 Å². The van der Waals surface area contributed by atoms with Gasteiger partial charge < -0.3 is 19.4 Å². The molecule has 0 spiro atoms. The molecule has 0 aliphatic heterocycles. The number of benzene rings is 2. The van der Waals surface area contributed by atoms with Gasteiger partial charge in [-0.25, -0.2) is 8.42 Å². The molecule has 2 N–H and O–H groups in total. The Kier molecular flexibility index (Phi) is 12.2. The van der Waals surface area contributed by atoms with Crippen molar-refractivity contribution >= 4 is 27.4 Å². The van der Waals surface area contributed by atoms with Crippen LogP contribution >= 0.6 is 11.6 Å². The zero-order valence-electron chi connectivity index (χ0n) is 29.9. The van der Waals surface area contributed by atoms with Crippen LogP contribution in [0.3, 0.4) is 0 Å². The van der Waals surface area contributed by atoms with Crippen LogP contribution in [0.4, 0.5) is 13.2 Å². The number of halogens is 4. The van der Waals surface area contributed by atoms with E-state index in [1.807, 2.05) is 26.0 Å². The number of nitrogens with zero attached hydrogens (tertiary/aromatic N) is 1. The third kappa shape index (κ3) is 8.69. The number of carbonyl (C=O) groups is 1. The van der Waals surface area contributed by atoms with E-state index in [1.54, 1.807) is 13.2 Å². The third-order valence-corrected chi connectivity index (χ3v) is 12.5. The van der Waals surface area contributed by atoms with E-state index in [0.717, 1.165) is 30.0 Å². The maximum atomic E-state index is 14.4. The lowest BCUT2D eigenvalue weighted by atomic mass is 9.65. The molecule has 3 aliphatic carbocycles. The van der Waals surface area contributed by atoms with Gasteiger partial charge in [0, 0.05) is 43.3 Å². The monoisotopic (exact) mass is 765 g/mol. The molecule has 0 amide bonds. The Morgan fingerprint density at radius 2 is 1.87 bits per heavy atom. The summed E-state index contributed by atoms with van der Waals surface area (Å²) in [5.74, 6) is -1.02. The van der Waals surface area contributed by atoms with Crippen molar-refractivity contribution in [3.8, 4) is 11.3 Å². The third-order valence-electron chi connectivity index (χ3n) is 11.0. The molecular weight excluding hydrogens is 719 g/mol. The van der Waals surface area contributed by atoms with Crippen LogP contribution in [0.15, 0.2) is 64.6 Å². The maximum absolute atomic E-state index is 14.4. The number of aliphatic hydroxyl groups excluding tert-OH is 1. The Morgan fingerprint density at radius 3 is 2.56 bits per heavy atom. The van der Waals surface area contributed by atoms with Crippen LogP contribution in [0, 0.1) is 5.41 Å². The van der Waals surface area contributed by atoms with Gasteiger partial charge in [-0.15, -0.1) is 0 Å². The molecule has 1 heterocycles. The van der Waals surface area contributed by atoms with Gasteiger partial charge in [0.1, 0.15) is 5.76 Å². The first-order chi connectivity index (χ1) is 24.4. The normalized spacial score (nSPS) is 24.5. The molecule has 1 aromatic heterocycles. The van der Waals surface area contributed by atoms with Gasteiger partial charge >= 0.3 is 6.18 Å². The van der Waals surface area contributed by atoms with Gasteiger partial charge in [0.2, 0.25) is 15.8 Å². The molecule has 3 aromatic rings. The fraction of sp³-hybridized carbons (Fsp3) is 0.513. The van der Waals surface area contributed by atoms with E-state index in [2.05, 4.69) is 6.08 Å². The van der Waals surface area contributed by atoms with Crippen LogP contribution in [0.5, 0.6) is 0 Å². The molecule has 0 saturated heterocycles. The zero-order valence-corrected chi connectivity index (χ0v) is 31.5. The molecule has 2 bridgehead atoms. The van der Waals surface area contributed by atoms with Crippen molar-refractivity contribution in [1.82, 2.24) is 4.31 Å². The van der Waals surface area contributed by atoms with E-state index in [0.29, 0.717) is 56.3 Å². The number of rotatable bonds is 10. The van der Waals surface area contributed by atoms with Gasteiger partial charge in [-0.2, -0.15) is 17.5 Å². The van der Waals surface area contributed by atoms with Crippen molar-refractivity contribution in [2.45, 2.75) is 89.0 Å². The fourth-order valence-electron chi connectivity index (χ4n) is 7.86. The number of carbonyl (C=O) groups excluding carboxylic acids is 1. The summed E-state index contributed by atoms with van der Waals surface area (Å²) in [6.07, 6.45) is 1.65. The number of ether oxygens (including phenoxy) is 1. The Bertz CT molecular complexity index is 1910. The standard InChI is InChI=1S/C39H47ClF3NO7S/c1-25-7-5-17-37(2)32(16-18-38(37,47)24-44(52(4,48)49)19-6-20-50-3)29-12-9-26(21-28(45)11-8-25)22-30(29)36(46)35-15-14-34(51-35)31-23-27(39(41,42)43)10-13-33(31)40/h7,9-10,12-15,22-23,28,32,45,47H,5-6,8,11,16-21,24H2,1-4H3. The Labute approximate surface area is 308 Å². The lowest BCUT2D eigenvalue weighted by Crippen LogP contribution is -2.53. The molecule has 2 aromatic carbocycles. The van der Waals surface area contributed by atoms with Gasteiger partial charge in [-0.05, 0) is 112 Å². The van der Waals surface area contributed by atoms with E-state index >= 15 is 0 Å². The van der Waals surface area contributed by atoms with Crippen LogP contribution in [-0.2, 0) is 27.4 Å². The van der Waals surface area contributed by atoms with Crippen molar-refractivity contribution in [3.63, 3.8) is 0 Å². The topological polar surface area (TPSA) is 117 Å². The first kappa shape index (κ1) is 40.2. The predicted octanol–water partition coefficient (Wildman–Crippen LogP) is 8.19. The Balaban J connectivity index is 1.60. The molecule has 4 atom stereocenters.